The third-order valence-electron chi connectivity index (χ3n) is 4.83. The standard InChI is InChI=1S/C22H26FN3OS2/c1-4-5-12-26-16(3)15(2)24-22(26)29-14-20(27)25-21(19-7-6-13-28-19)17-8-10-18(23)11-9-17/h6-11,13,21H,4-5,12,14H2,1-3H3,(H,25,27). The molecule has 1 unspecified atom stereocenters. The van der Waals surface area contributed by atoms with E-state index in [1.807, 2.05) is 24.4 Å². The minimum absolute atomic E-state index is 0.0712. The van der Waals surface area contributed by atoms with Gasteiger partial charge in [0.15, 0.2) is 5.16 Å². The maximum atomic E-state index is 13.3. The van der Waals surface area contributed by atoms with Crippen LogP contribution in [0.3, 0.4) is 0 Å². The molecule has 1 aromatic carbocycles. The molecule has 29 heavy (non-hydrogen) atoms. The number of aromatic nitrogens is 2. The first kappa shape index (κ1) is 21.6. The first-order chi connectivity index (χ1) is 14.0. The van der Waals surface area contributed by atoms with Crippen LogP contribution in [-0.2, 0) is 11.3 Å². The van der Waals surface area contributed by atoms with Gasteiger partial charge in [-0.25, -0.2) is 9.37 Å². The fourth-order valence-corrected chi connectivity index (χ4v) is 4.81. The number of nitrogens with one attached hydrogen (secondary N) is 1. The van der Waals surface area contributed by atoms with Crippen LogP contribution in [0.1, 0.15) is 47.6 Å². The molecule has 7 heteroatoms. The number of rotatable bonds is 9. The minimum atomic E-state index is -0.287. The maximum Gasteiger partial charge on any atom is 0.231 e. The fourth-order valence-electron chi connectivity index (χ4n) is 3.08. The number of nitrogens with zero attached hydrogens (tertiary/aromatic N) is 2. The summed E-state index contributed by atoms with van der Waals surface area (Å²) in [4.78, 5) is 18.4. The van der Waals surface area contributed by atoms with Crippen LogP contribution in [0.25, 0.3) is 0 Å². The highest BCUT2D eigenvalue weighted by Crippen LogP contribution is 2.27. The quantitative estimate of drug-likeness (QED) is 0.455. The largest absolute Gasteiger partial charge is 0.344 e. The van der Waals surface area contributed by atoms with E-state index in [-0.39, 0.29) is 23.5 Å². The molecule has 0 radical (unpaired) electrons. The first-order valence-corrected chi connectivity index (χ1v) is 11.6. The van der Waals surface area contributed by atoms with E-state index in [1.54, 1.807) is 23.5 Å². The molecular weight excluding hydrogens is 405 g/mol. The third-order valence-corrected chi connectivity index (χ3v) is 6.74. The van der Waals surface area contributed by atoms with E-state index in [0.717, 1.165) is 46.4 Å². The van der Waals surface area contributed by atoms with E-state index in [1.165, 1.54) is 23.9 Å². The average molecular weight is 432 g/mol. The van der Waals surface area contributed by atoms with Crippen molar-refractivity contribution in [1.82, 2.24) is 14.9 Å². The molecule has 0 saturated heterocycles. The number of thioether (sulfide) groups is 1. The lowest BCUT2D eigenvalue weighted by atomic mass is 10.1. The molecule has 154 valence electrons. The predicted molar refractivity (Wildman–Crippen MR) is 118 cm³/mol. The Morgan fingerprint density at radius 3 is 2.69 bits per heavy atom. The number of halogens is 1. The van der Waals surface area contributed by atoms with Crippen LogP contribution in [0.15, 0.2) is 46.9 Å². The monoisotopic (exact) mass is 431 g/mol. The Morgan fingerprint density at radius 2 is 2.03 bits per heavy atom. The van der Waals surface area contributed by atoms with Crippen molar-refractivity contribution in [2.24, 2.45) is 0 Å². The summed E-state index contributed by atoms with van der Waals surface area (Å²) in [6, 6.07) is 9.94. The van der Waals surface area contributed by atoms with Crippen molar-refractivity contribution in [3.8, 4) is 0 Å². The lowest BCUT2D eigenvalue weighted by Gasteiger charge is -2.18. The Balaban J connectivity index is 1.70. The van der Waals surface area contributed by atoms with E-state index in [4.69, 9.17) is 0 Å². The zero-order chi connectivity index (χ0) is 20.8. The Labute approximate surface area is 179 Å². The lowest BCUT2D eigenvalue weighted by Crippen LogP contribution is -2.30. The maximum absolute atomic E-state index is 13.3. The third kappa shape index (κ3) is 5.48. The van der Waals surface area contributed by atoms with Gasteiger partial charge in [-0.2, -0.15) is 0 Å². The van der Waals surface area contributed by atoms with Gasteiger partial charge < -0.3 is 9.88 Å². The van der Waals surface area contributed by atoms with Crippen LogP contribution >= 0.6 is 23.1 Å². The molecule has 1 N–H and O–H groups in total. The summed E-state index contributed by atoms with van der Waals surface area (Å²) in [5.41, 5.74) is 3.03. The summed E-state index contributed by atoms with van der Waals surface area (Å²) < 4.78 is 15.5. The molecule has 0 spiro atoms. The van der Waals surface area contributed by atoms with Crippen LogP contribution in [0.4, 0.5) is 4.39 Å². The summed E-state index contributed by atoms with van der Waals surface area (Å²) in [5.74, 6) is -0.0752. The number of imidazole rings is 1. The van der Waals surface area contributed by atoms with E-state index >= 15 is 0 Å². The lowest BCUT2D eigenvalue weighted by molar-refractivity contribution is -0.119. The molecule has 0 fully saturated rings. The number of thiophene rings is 1. The summed E-state index contributed by atoms with van der Waals surface area (Å²) >= 11 is 3.03. The molecule has 2 aromatic heterocycles. The van der Waals surface area contributed by atoms with E-state index in [0.29, 0.717) is 0 Å². The number of aryl methyl sites for hydroxylation is 1. The number of amides is 1. The molecule has 0 aliphatic heterocycles. The number of hydrogen-bond donors (Lipinski definition) is 1. The van der Waals surface area contributed by atoms with Gasteiger partial charge in [0, 0.05) is 17.1 Å². The second-order valence-electron chi connectivity index (χ2n) is 6.93. The average Bonchev–Trinajstić information content (AvgIpc) is 3.33. The highest BCUT2D eigenvalue weighted by atomic mass is 32.2. The highest BCUT2D eigenvalue weighted by Gasteiger charge is 2.19. The van der Waals surface area contributed by atoms with Gasteiger partial charge in [-0.3, -0.25) is 4.79 Å². The van der Waals surface area contributed by atoms with Gasteiger partial charge in [-0.15, -0.1) is 11.3 Å². The van der Waals surface area contributed by atoms with Gasteiger partial charge in [0.25, 0.3) is 0 Å². The highest BCUT2D eigenvalue weighted by molar-refractivity contribution is 7.99. The Bertz CT molecular complexity index is 936. The van der Waals surface area contributed by atoms with Crippen molar-refractivity contribution >= 4 is 29.0 Å². The minimum Gasteiger partial charge on any atom is -0.344 e. The van der Waals surface area contributed by atoms with Crippen LogP contribution in [-0.4, -0.2) is 21.2 Å². The van der Waals surface area contributed by atoms with Crippen molar-refractivity contribution < 1.29 is 9.18 Å². The van der Waals surface area contributed by atoms with Crippen molar-refractivity contribution in [3.05, 3.63) is 69.4 Å². The van der Waals surface area contributed by atoms with Gasteiger partial charge in [0.1, 0.15) is 5.82 Å². The van der Waals surface area contributed by atoms with E-state index in [2.05, 4.69) is 28.7 Å². The summed E-state index contributed by atoms with van der Waals surface area (Å²) in [6.07, 6.45) is 2.20. The SMILES string of the molecule is CCCCn1c(SCC(=O)NC(c2ccc(F)cc2)c2cccs2)nc(C)c1C. The van der Waals surface area contributed by atoms with Gasteiger partial charge >= 0.3 is 0 Å². The molecule has 1 atom stereocenters. The summed E-state index contributed by atoms with van der Waals surface area (Å²) in [6.45, 7) is 7.16. The van der Waals surface area contributed by atoms with Gasteiger partial charge in [-0.1, -0.05) is 43.3 Å². The van der Waals surface area contributed by atoms with Crippen LogP contribution in [0, 0.1) is 19.7 Å². The van der Waals surface area contributed by atoms with Crippen molar-refractivity contribution in [2.45, 2.75) is 51.4 Å². The number of benzene rings is 1. The Kier molecular flexibility index (Phi) is 7.50. The Morgan fingerprint density at radius 1 is 1.28 bits per heavy atom. The van der Waals surface area contributed by atoms with Crippen molar-refractivity contribution in [3.63, 3.8) is 0 Å². The fraction of sp³-hybridized carbons (Fsp3) is 0.364. The molecule has 0 saturated carbocycles. The second-order valence-corrected chi connectivity index (χ2v) is 8.85. The Hall–Kier alpha value is -2.12. The molecular formula is C22H26FN3OS2. The summed E-state index contributed by atoms with van der Waals surface area (Å²) in [5, 5.41) is 5.96. The molecule has 2 heterocycles. The number of carbonyl (C=O) groups is 1. The number of hydrogen-bond acceptors (Lipinski definition) is 4. The molecule has 3 rings (SSSR count). The molecule has 1 amide bonds. The van der Waals surface area contributed by atoms with Crippen molar-refractivity contribution in [2.75, 3.05) is 5.75 Å². The number of unbranched alkanes of at least 4 members (excludes halogenated alkanes) is 1. The number of carbonyl (C=O) groups excluding carboxylic acids is 1. The smallest absolute Gasteiger partial charge is 0.231 e. The molecule has 3 aromatic rings. The second kappa shape index (κ2) is 10.1. The van der Waals surface area contributed by atoms with Crippen LogP contribution in [0.5, 0.6) is 0 Å². The predicted octanol–water partition coefficient (Wildman–Crippen LogP) is 5.50. The van der Waals surface area contributed by atoms with Crippen LogP contribution < -0.4 is 5.32 Å². The normalized spacial score (nSPS) is 12.1. The van der Waals surface area contributed by atoms with Gasteiger partial charge in [0.2, 0.25) is 5.91 Å². The summed E-state index contributed by atoms with van der Waals surface area (Å²) in [7, 11) is 0. The zero-order valence-electron chi connectivity index (χ0n) is 16.9. The molecule has 0 aliphatic carbocycles. The molecule has 4 nitrogen and oxygen atoms in total. The van der Waals surface area contributed by atoms with E-state index in [9.17, 15) is 9.18 Å². The van der Waals surface area contributed by atoms with Crippen molar-refractivity contribution in [1.29, 1.82) is 0 Å². The molecule has 0 aliphatic rings. The van der Waals surface area contributed by atoms with Gasteiger partial charge in [-0.05, 0) is 49.4 Å². The topological polar surface area (TPSA) is 46.9 Å². The first-order valence-electron chi connectivity index (χ1n) is 9.74. The molecule has 0 bridgehead atoms. The van der Waals surface area contributed by atoms with E-state index < -0.39 is 0 Å². The van der Waals surface area contributed by atoms with Gasteiger partial charge in [0.05, 0.1) is 17.5 Å². The van der Waals surface area contributed by atoms with Crippen LogP contribution in [0.2, 0.25) is 0 Å². The zero-order valence-corrected chi connectivity index (χ0v) is 18.6.